The molecule has 0 saturated carbocycles. The molecule has 0 unspecified atom stereocenters. The van der Waals surface area contributed by atoms with Crippen LogP contribution >= 0.6 is 11.8 Å². The molecular weight excluding hydrogens is 184 g/mol. The number of carbonyl (C=O) groups is 1. The molecule has 0 aromatic heterocycles. The minimum Gasteiger partial charge on any atom is -0.350 e. The molecule has 2 nitrogen and oxygen atoms in total. The summed E-state index contributed by atoms with van der Waals surface area (Å²) in [6.45, 7) is 3.77. The van der Waals surface area contributed by atoms with Gasteiger partial charge < -0.3 is 5.32 Å². The fourth-order valence-electron chi connectivity index (χ4n) is 0.490. The molecule has 0 atom stereocenters. The van der Waals surface area contributed by atoms with Gasteiger partial charge in [0, 0.05) is 18.1 Å². The molecule has 5 heteroatoms. The van der Waals surface area contributed by atoms with Gasteiger partial charge in [-0.15, -0.1) is 6.58 Å². The molecule has 0 aromatic carbocycles. The Kier molecular flexibility index (Phi) is 6.75. The van der Waals surface area contributed by atoms with Crippen molar-refractivity contribution in [1.29, 1.82) is 0 Å². The number of amides is 1. The van der Waals surface area contributed by atoms with Crippen LogP contribution < -0.4 is 5.32 Å². The minimum atomic E-state index is -2.91. The first-order valence-corrected chi connectivity index (χ1v) is 4.58. The molecule has 12 heavy (non-hydrogen) atoms. The van der Waals surface area contributed by atoms with E-state index >= 15 is 0 Å². The third-order valence-corrected chi connectivity index (χ3v) is 1.94. The van der Waals surface area contributed by atoms with Crippen molar-refractivity contribution >= 4 is 17.7 Å². The lowest BCUT2D eigenvalue weighted by molar-refractivity contribution is -0.131. The predicted octanol–water partition coefficient (Wildman–Crippen LogP) is 1.29. The molecule has 0 aliphatic rings. The molecule has 0 radical (unpaired) electrons. The van der Waals surface area contributed by atoms with E-state index in [4.69, 9.17) is 0 Å². The van der Waals surface area contributed by atoms with Crippen LogP contribution in [0.1, 0.15) is 0 Å². The van der Waals surface area contributed by atoms with Gasteiger partial charge in [0.25, 0.3) is 5.91 Å². The molecule has 70 valence electrons. The van der Waals surface area contributed by atoms with Crippen molar-refractivity contribution in [2.24, 2.45) is 0 Å². The van der Waals surface area contributed by atoms with E-state index in [2.05, 4.69) is 11.9 Å². The van der Waals surface area contributed by atoms with Gasteiger partial charge in [0.05, 0.1) is 0 Å². The highest BCUT2D eigenvalue weighted by atomic mass is 32.2. The molecule has 0 rings (SSSR count). The van der Waals surface area contributed by atoms with Crippen LogP contribution in [0.3, 0.4) is 0 Å². The Morgan fingerprint density at radius 2 is 2.33 bits per heavy atom. The molecule has 0 heterocycles. The number of thioether (sulfide) groups is 1. The highest BCUT2D eigenvalue weighted by Gasteiger charge is 2.12. The van der Waals surface area contributed by atoms with Gasteiger partial charge in [-0.25, -0.2) is 0 Å². The van der Waals surface area contributed by atoms with E-state index < -0.39 is 12.3 Å². The number of rotatable bonds is 6. The largest absolute Gasteiger partial charge is 0.350 e. The smallest absolute Gasteiger partial charge is 0.315 e. The number of nitrogens with one attached hydrogen (secondary N) is 1. The van der Waals surface area contributed by atoms with E-state index in [1.165, 1.54) is 11.8 Å². The quantitative estimate of drug-likeness (QED) is 0.511. The third-order valence-electron chi connectivity index (χ3n) is 0.980. The Morgan fingerprint density at radius 1 is 1.67 bits per heavy atom. The standard InChI is InChI=1S/C7H11F2NOS/c1-2-4-12-5-3-10-7(11)6(8)9/h2,6H,1,3-5H2,(H,10,11). The monoisotopic (exact) mass is 195 g/mol. The summed E-state index contributed by atoms with van der Waals surface area (Å²) in [5, 5.41) is 2.10. The van der Waals surface area contributed by atoms with Gasteiger partial charge in [0.1, 0.15) is 0 Å². The van der Waals surface area contributed by atoms with Gasteiger partial charge in [-0.1, -0.05) is 6.08 Å². The summed E-state index contributed by atoms with van der Waals surface area (Å²) in [6, 6.07) is 0. The van der Waals surface area contributed by atoms with Gasteiger partial charge in [-0.2, -0.15) is 20.5 Å². The summed E-state index contributed by atoms with van der Waals surface area (Å²) in [4.78, 5) is 10.3. The zero-order valence-electron chi connectivity index (χ0n) is 6.56. The van der Waals surface area contributed by atoms with Gasteiger partial charge in [0.15, 0.2) is 0 Å². The first kappa shape index (κ1) is 11.4. The lowest BCUT2D eigenvalue weighted by Crippen LogP contribution is -2.31. The van der Waals surface area contributed by atoms with Crippen LogP contribution in [0.25, 0.3) is 0 Å². The van der Waals surface area contributed by atoms with Gasteiger partial charge in [-0.3, -0.25) is 4.79 Å². The first-order valence-electron chi connectivity index (χ1n) is 3.43. The summed E-state index contributed by atoms with van der Waals surface area (Å²) in [5.74, 6) is 0.198. The molecule has 1 amide bonds. The fourth-order valence-corrected chi connectivity index (χ4v) is 1.07. The van der Waals surface area contributed by atoms with Crippen molar-refractivity contribution in [1.82, 2.24) is 5.32 Å². The lowest BCUT2D eigenvalue weighted by atomic mass is 10.6. The van der Waals surface area contributed by atoms with E-state index in [9.17, 15) is 13.6 Å². The molecular formula is C7H11F2NOS. The van der Waals surface area contributed by atoms with E-state index in [0.717, 1.165) is 5.75 Å². The maximum atomic E-state index is 11.6. The number of hydrogen-bond donors (Lipinski definition) is 1. The normalized spacial score (nSPS) is 9.92. The van der Waals surface area contributed by atoms with Crippen LogP contribution in [-0.4, -0.2) is 30.4 Å². The Labute approximate surface area is 74.4 Å². The van der Waals surface area contributed by atoms with Crippen LogP contribution in [-0.2, 0) is 4.79 Å². The maximum Gasteiger partial charge on any atom is 0.315 e. The molecule has 0 fully saturated rings. The van der Waals surface area contributed by atoms with Crippen LogP contribution in [0.5, 0.6) is 0 Å². The molecule has 0 aromatic rings. The van der Waals surface area contributed by atoms with E-state index in [1.54, 1.807) is 6.08 Å². The Morgan fingerprint density at radius 3 is 2.83 bits per heavy atom. The molecule has 0 saturated heterocycles. The topological polar surface area (TPSA) is 29.1 Å². The van der Waals surface area contributed by atoms with E-state index in [0.29, 0.717) is 5.75 Å². The highest BCUT2D eigenvalue weighted by Crippen LogP contribution is 1.97. The van der Waals surface area contributed by atoms with Crippen molar-refractivity contribution < 1.29 is 13.6 Å². The van der Waals surface area contributed by atoms with E-state index in [1.807, 2.05) is 0 Å². The SMILES string of the molecule is C=CCSCCNC(=O)C(F)F. The molecule has 1 N–H and O–H groups in total. The summed E-state index contributed by atoms with van der Waals surface area (Å²) < 4.78 is 23.1. The average molecular weight is 195 g/mol. The lowest BCUT2D eigenvalue weighted by Gasteiger charge is -2.02. The van der Waals surface area contributed by atoms with Crippen molar-refractivity contribution in [2.75, 3.05) is 18.1 Å². The first-order chi connectivity index (χ1) is 5.68. The van der Waals surface area contributed by atoms with Crippen LogP contribution in [0, 0.1) is 0 Å². The van der Waals surface area contributed by atoms with Crippen molar-refractivity contribution in [3.63, 3.8) is 0 Å². The third kappa shape index (κ3) is 6.15. The number of carbonyl (C=O) groups excluding carboxylic acids is 1. The average Bonchev–Trinajstić information content (AvgIpc) is 2.03. The summed E-state index contributed by atoms with van der Waals surface area (Å²) in [6.07, 6.45) is -1.19. The van der Waals surface area contributed by atoms with Crippen molar-refractivity contribution in [2.45, 2.75) is 6.43 Å². The second-order valence-corrected chi connectivity index (χ2v) is 3.11. The zero-order chi connectivity index (χ0) is 9.40. The molecule has 0 aliphatic carbocycles. The van der Waals surface area contributed by atoms with Crippen molar-refractivity contribution in [3.8, 4) is 0 Å². The van der Waals surface area contributed by atoms with Gasteiger partial charge in [-0.05, 0) is 0 Å². The summed E-state index contributed by atoms with van der Waals surface area (Å²) in [7, 11) is 0. The molecule has 0 bridgehead atoms. The van der Waals surface area contributed by atoms with Gasteiger partial charge in [0.2, 0.25) is 0 Å². The maximum absolute atomic E-state index is 11.6. The number of hydrogen-bond acceptors (Lipinski definition) is 2. The second kappa shape index (κ2) is 7.09. The zero-order valence-corrected chi connectivity index (χ0v) is 7.37. The molecule has 0 spiro atoms. The van der Waals surface area contributed by atoms with Gasteiger partial charge >= 0.3 is 6.43 Å². The van der Waals surface area contributed by atoms with Crippen LogP contribution in [0.15, 0.2) is 12.7 Å². The predicted molar refractivity (Wildman–Crippen MR) is 46.5 cm³/mol. The highest BCUT2D eigenvalue weighted by molar-refractivity contribution is 7.99. The fraction of sp³-hybridized carbons (Fsp3) is 0.571. The molecule has 0 aliphatic heterocycles. The number of halogens is 2. The summed E-state index contributed by atoms with van der Waals surface area (Å²) >= 11 is 1.53. The number of alkyl halides is 2. The Bertz CT molecular complexity index is 152. The Hall–Kier alpha value is -0.580. The summed E-state index contributed by atoms with van der Waals surface area (Å²) in [5.41, 5.74) is 0. The second-order valence-electron chi connectivity index (χ2n) is 1.96. The Balaban J connectivity index is 3.19. The van der Waals surface area contributed by atoms with E-state index in [-0.39, 0.29) is 6.54 Å². The van der Waals surface area contributed by atoms with Crippen LogP contribution in [0.4, 0.5) is 8.78 Å². The minimum absolute atomic E-state index is 0.279. The van der Waals surface area contributed by atoms with Crippen LogP contribution in [0.2, 0.25) is 0 Å². The van der Waals surface area contributed by atoms with Crippen molar-refractivity contribution in [3.05, 3.63) is 12.7 Å².